The van der Waals surface area contributed by atoms with Crippen LogP contribution in [0, 0.1) is 0 Å². The summed E-state index contributed by atoms with van der Waals surface area (Å²) in [5.74, 6) is -0.185. The second-order valence-corrected chi connectivity index (χ2v) is 27.5. The number of aliphatic hydroxyl groups is 5. The Bertz CT molecular complexity index is 1670. The summed E-state index contributed by atoms with van der Waals surface area (Å²) in [6.07, 6.45) is 93.4. The van der Waals surface area contributed by atoms with Gasteiger partial charge in [-0.25, -0.2) is 0 Å². The maximum Gasteiger partial charge on any atom is 0.220 e. The fourth-order valence-electron chi connectivity index (χ4n) is 12.6. The van der Waals surface area contributed by atoms with Crippen molar-refractivity contribution in [3.8, 4) is 0 Å². The lowest BCUT2D eigenvalue weighted by atomic mass is 9.99. The second-order valence-electron chi connectivity index (χ2n) is 27.5. The average molecular weight is 1280 g/mol. The number of hydrogen-bond acceptors (Lipinski definition) is 8. The first-order chi connectivity index (χ1) is 44.8. The first-order valence-corrected chi connectivity index (χ1v) is 39.7. The summed E-state index contributed by atoms with van der Waals surface area (Å²) in [6, 6.07) is -0.832. The molecular weight excluding hydrogens is 1130 g/mol. The van der Waals surface area contributed by atoms with Crippen LogP contribution in [0.25, 0.3) is 0 Å². The molecule has 9 nitrogen and oxygen atoms in total. The number of amides is 1. The number of nitrogens with one attached hydrogen (secondary N) is 1. The van der Waals surface area contributed by atoms with Crippen LogP contribution < -0.4 is 5.32 Å². The Kier molecular flexibility index (Phi) is 67.1. The smallest absolute Gasteiger partial charge is 0.220 e. The van der Waals surface area contributed by atoms with Gasteiger partial charge < -0.3 is 40.3 Å². The molecule has 1 heterocycles. The van der Waals surface area contributed by atoms with E-state index in [9.17, 15) is 30.3 Å². The normalized spacial score (nSPS) is 18.1. The van der Waals surface area contributed by atoms with E-state index in [1.807, 2.05) is 6.08 Å². The second kappa shape index (κ2) is 70.4. The molecule has 0 aliphatic carbocycles. The molecule has 9 heteroatoms. The zero-order valence-electron chi connectivity index (χ0n) is 59.9. The van der Waals surface area contributed by atoms with Crippen LogP contribution >= 0.6 is 0 Å². The molecule has 7 unspecified atom stereocenters. The molecule has 1 rings (SSSR count). The third-order valence-corrected chi connectivity index (χ3v) is 18.7. The first kappa shape index (κ1) is 86.6. The topological polar surface area (TPSA) is 149 Å². The van der Waals surface area contributed by atoms with Gasteiger partial charge >= 0.3 is 0 Å². The molecule has 0 spiro atoms. The quantitative estimate of drug-likeness (QED) is 0.0261. The molecular formula is C82H151NO8. The summed E-state index contributed by atoms with van der Waals surface area (Å²) >= 11 is 0. The van der Waals surface area contributed by atoms with Crippen LogP contribution in [-0.4, -0.2) is 87.5 Å². The molecule has 0 aromatic heterocycles. The van der Waals surface area contributed by atoms with E-state index in [-0.39, 0.29) is 12.5 Å². The number of carbonyl (C=O) groups is 1. The number of ether oxygens (including phenoxy) is 2. The summed E-state index contributed by atoms with van der Waals surface area (Å²) in [5.41, 5.74) is 0. The minimum Gasteiger partial charge on any atom is -0.394 e. The van der Waals surface area contributed by atoms with Crippen LogP contribution in [0.3, 0.4) is 0 Å². The first-order valence-electron chi connectivity index (χ1n) is 39.7. The lowest BCUT2D eigenvalue weighted by Crippen LogP contribution is -2.60. The molecule has 1 amide bonds. The third kappa shape index (κ3) is 58.7. The predicted octanol–water partition coefficient (Wildman–Crippen LogP) is 22.7. The summed E-state index contributed by atoms with van der Waals surface area (Å²) in [5, 5.41) is 54.8. The highest BCUT2D eigenvalue weighted by Gasteiger charge is 2.44. The van der Waals surface area contributed by atoms with Crippen LogP contribution in [0.15, 0.2) is 72.9 Å². The highest BCUT2D eigenvalue weighted by Crippen LogP contribution is 2.24. The van der Waals surface area contributed by atoms with Crippen molar-refractivity contribution in [2.75, 3.05) is 13.2 Å². The standard InChI is InChI=1S/C82H151NO8/c1-3-5-7-9-11-13-15-17-19-21-23-25-27-29-31-33-34-35-36-37-38-39-40-41-42-44-46-48-50-52-54-56-58-60-62-64-66-68-70-72-78(86)83-75(74-90-82-81(89)80(88)79(87)77(73-84)91-82)76(85)71-69-67-65-63-61-59-57-55-53-51-49-47-45-43-32-30-28-26-24-22-20-18-16-14-12-10-8-6-4-2/h15,17,21,23,27,29,53,55,61,63,69,71,75-77,79-82,84-85,87-89H,3-14,16,18-20,22,24-26,28,30-52,54,56-60,62,64-68,70,72-74H2,1-2H3,(H,83,86)/b17-15-,23-21-,29-27-,55-53+,63-61+,71-69+. The number of carbonyl (C=O) groups excluding carboxylic acids is 1. The molecule has 0 bridgehead atoms. The predicted molar refractivity (Wildman–Crippen MR) is 392 cm³/mol. The van der Waals surface area contributed by atoms with Crippen molar-refractivity contribution in [3.05, 3.63) is 72.9 Å². The molecule has 0 aromatic carbocycles. The molecule has 0 saturated carbocycles. The van der Waals surface area contributed by atoms with Crippen molar-refractivity contribution >= 4 is 5.91 Å². The fraction of sp³-hybridized carbons (Fsp3) is 0.841. The van der Waals surface area contributed by atoms with Gasteiger partial charge in [0.05, 0.1) is 25.4 Å². The van der Waals surface area contributed by atoms with Crippen LogP contribution in [0.5, 0.6) is 0 Å². The number of rotatable bonds is 70. The van der Waals surface area contributed by atoms with Gasteiger partial charge in [-0.2, -0.15) is 0 Å². The van der Waals surface area contributed by atoms with Gasteiger partial charge in [-0.3, -0.25) is 4.79 Å². The molecule has 0 radical (unpaired) electrons. The van der Waals surface area contributed by atoms with E-state index in [2.05, 4.69) is 79.9 Å². The molecule has 1 aliphatic rings. The van der Waals surface area contributed by atoms with Crippen molar-refractivity contribution < 1.29 is 39.8 Å². The SMILES string of the molecule is CCCCCCC/C=C\C/C=C\C/C=C\CCCCCCCCCCCCCCCCCCCCCCCCCCC(=O)NC(COC1OC(CO)C(O)C(O)C1O)C(O)/C=C/CC/C=C/CC/C=C/CCCCCCCCCCCCCCCCCCCCC. The third-order valence-electron chi connectivity index (χ3n) is 18.7. The fourth-order valence-corrected chi connectivity index (χ4v) is 12.6. The van der Waals surface area contributed by atoms with E-state index in [1.54, 1.807) is 6.08 Å². The lowest BCUT2D eigenvalue weighted by Gasteiger charge is -2.40. The largest absolute Gasteiger partial charge is 0.394 e. The van der Waals surface area contributed by atoms with Gasteiger partial charge in [0.1, 0.15) is 24.4 Å². The van der Waals surface area contributed by atoms with Crippen LogP contribution in [0.4, 0.5) is 0 Å². The van der Waals surface area contributed by atoms with Crippen molar-refractivity contribution in [1.82, 2.24) is 5.32 Å². The lowest BCUT2D eigenvalue weighted by molar-refractivity contribution is -0.302. The Morgan fingerprint density at radius 2 is 0.659 bits per heavy atom. The van der Waals surface area contributed by atoms with Crippen molar-refractivity contribution in [2.24, 2.45) is 0 Å². The number of aliphatic hydroxyl groups excluding tert-OH is 5. The summed E-state index contributed by atoms with van der Waals surface area (Å²) in [4.78, 5) is 13.2. The Balaban J connectivity index is 2.09. The molecule has 6 N–H and O–H groups in total. The van der Waals surface area contributed by atoms with E-state index in [0.717, 1.165) is 57.8 Å². The van der Waals surface area contributed by atoms with Gasteiger partial charge in [-0.15, -0.1) is 0 Å². The monoisotopic (exact) mass is 1280 g/mol. The molecule has 1 saturated heterocycles. The zero-order chi connectivity index (χ0) is 65.7. The Hall–Kier alpha value is -2.37. The molecule has 7 atom stereocenters. The summed E-state index contributed by atoms with van der Waals surface area (Å²) in [7, 11) is 0. The van der Waals surface area contributed by atoms with E-state index in [1.165, 1.54) is 308 Å². The maximum atomic E-state index is 13.2. The van der Waals surface area contributed by atoms with E-state index in [0.29, 0.717) is 6.42 Å². The summed E-state index contributed by atoms with van der Waals surface area (Å²) in [6.45, 7) is 3.80. The Morgan fingerprint density at radius 3 is 1.00 bits per heavy atom. The van der Waals surface area contributed by atoms with Crippen molar-refractivity contribution in [2.45, 2.75) is 429 Å². The minimum absolute atomic E-state index is 0.185. The van der Waals surface area contributed by atoms with Crippen LogP contribution in [-0.2, 0) is 14.3 Å². The van der Waals surface area contributed by atoms with E-state index in [4.69, 9.17) is 9.47 Å². The van der Waals surface area contributed by atoms with E-state index < -0.39 is 49.5 Å². The highest BCUT2D eigenvalue weighted by molar-refractivity contribution is 5.76. The zero-order valence-corrected chi connectivity index (χ0v) is 59.9. The number of unbranched alkanes of at least 4 members (excludes halogenated alkanes) is 50. The highest BCUT2D eigenvalue weighted by atomic mass is 16.7. The van der Waals surface area contributed by atoms with Crippen molar-refractivity contribution in [1.29, 1.82) is 0 Å². The van der Waals surface area contributed by atoms with E-state index >= 15 is 0 Å². The van der Waals surface area contributed by atoms with Gasteiger partial charge in [0.25, 0.3) is 0 Å². The Morgan fingerprint density at radius 1 is 0.374 bits per heavy atom. The molecule has 91 heavy (non-hydrogen) atoms. The van der Waals surface area contributed by atoms with Gasteiger partial charge in [0, 0.05) is 6.42 Å². The van der Waals surface area contributed by atoms with Gasteiger partial charge in [0.2, 0.25) is 5.91 Å². The minimum atomic E-state index is -1.58. The van der Waals surface area contributed by atoms with Crippen LogP contribution in [0.1, 0.15) is 386 Å². The number of hydrogen-bond donors (Lipinski definition) is 6. The van der Waals surface area contributed by atoms with Crippen LogP contribution in [0.2, 0.25) is 0 Å². The molecule has 1 aliphatic heterocycles. The Labute approximate surface area is 563 Å². The average Bonchev–Trinajstić information content (AvgIpc) is 1.33. The van der Waals surface area contributed by atoms with Gasteiger partial charge in [0.15, 0.2) is 6.29 Å². The van der Waals surface area contributed by atoms with Gasteiger partial charge in [-0.05, 0) is 83.5 Å². The maximum absolute atomic E-state index is 13.2. The molecule has 1 fully saturated rings. The van der Waals surface area contributed by atoms with Crippen molar-refractivity contribution in [3.63, 3.8) is 0 Å². The summed E-state index contributed by atoms with van der Waals surface area (Å²) < 4.78 is 11.3. The van der Waals surface area contributed by atoms with Gasteiger partial charge in [-0.1, -0.05) is 369 Å². The number of allylic oxidation sites excluding steroid dienone is 11. The molecule has 0 aromatic rings. The molecule has 532 valence electrons.